The van der Waals surface area contributed by atoms with E-state index in [0.717, 1.165) is 0 Å². The van der Waals surface area contributed by atoms with Crippen molar-refractivity contribution in [1.29, 1.82) is 0 Å². The van der Waals surface area contributed by atoms with Gasteiger partial charge in [0.25, 0.3) is 0 Å². The number of carboxylic acids is 1. The first-order valence-electron chi connectivity index (χ1n) is 3.55. The number of carbonyl (C=O) groups excluding carboxylic acids is 1. The van der Waals surface area contributed by atoms with E-state index in [1.807, 2.05) is 0 Å². The monoisotopic (exact) mass is 180 g/mol. The summed E-state index contributed by atoms with van der Waals surface area (Å²) in [4.78, 5) is 21.0. The Morgan fingerprint density at radius 3 is 2.69 bits per heavy atom. The van der Waals surface area contributed by atoms with Gasteiger partial charge in [0.15, 0.2) is 0 Å². The lowest BCUT2D eigenvalue weighted by atomic mass is 10.1. The molecule has 13 heavy (non-hydrogen) atoms. The lowest BCUT2D eigenvalue weighted by Crippen LogP contribution is -2.00. The van der Waals surface area contributed by atoms with Gasteiger partial charge in [-0.3, -0.25) is 4.79 Å². The van der Waals surface area contributed by atoms with Crippen LogP contribution in [0.15, 0.2) is 18.2 Å². The van der Waals surface area contributed by atoms with E-state index >= 15 is 0 Å². The summed E-state index contributed by atoms with van der Waals surface area (Å²) in [7, 11) is 1.36. The molecule has 0 aromatic heterocycles. The van der Waals surface area contributed by atoms with E-state index in [4.69, 9.17) is 9.84 Å². The number of aldehydes is 1. The molecule has 0 unspecified atom stereocenters. The number of ether oxygens (including phenoxy) is 1. The first-order valence-corrected chi connectivity index (χ1v) is 3.55. The molecule has 0 amide bonds. The highest BCUT2D eigenvalue weighted by molar-refractivity contribution is 5.92. The van der Waals surface area contributed by atoms with Crippen LogP contribution in [-0.2, 0) is 0 Å². The molecule has 1 aromatic rings. The molecule has 4 nitrogen and oxygen atoms in total. The maximum Gasteiger partial charge on any atom is 0.339 e. The Morgan fingerprint density at radius 1 is 1.54 bits per heavy atom. The zero-order valence-corrected chi connectivity index (χ0v) is 6.98. The molecular formula is C9H8O4. The van der Waals surface area contributed by atoms with Crippen LogP contribution in [-0.4, -0.2) is 24.5 Å². The van der Waals surface area contributed by atoms with Gasteiger partial charge in [-0.2, -0.15) is 0 Å². The van der Waals surface area contributed by atoms with Gasteiger partial charge in [-0.1, -0.05) is 6.07 Å². The van der Waals surface area contributed by atoms with Crippen LogP contribution in [0.1, 0.15) is 20.7 Å². The second-order valence-corrected chi connectivity index (χ2v) is 2.38. The summed E-state index contributed by atoms with van der Waals surface area (Å²) in [5, 5.41) is 8.69. The third-order valence-corrected chi connectivity index (χ3v) is 1.59. The van der Waals surface area contributed by atoms with E-state index in [0.29, 0.717) is 11.8 Å². The Bertz CT molecular complexity index is 343. The lowest BCUT2D eigenvalue weighted by molar-refractivity contribution is 0.0693. The van der Waals surface area contributed by atoms with Gasteiger partial charge in [-0.25, -0.2) is 4.79 Å². The molecule has 0 saturated carbocycles. The van der Waals surface area contributed by atoms with Gasteiger partial charge in [0.2, 0.25) is 0 Å². The molecule has 0 fully saturated rings. The van der Waals surface area contributed by atoms with E-state index in [1.165, 1.54) is 25.3 Å². The maximum absolute atomic E-state index is 10.6. The Labute approximate surface area is 74.8 Å². The number of methoxy groups -OCH3 is 1. The first kappa shape index (κ1) is 9.25. The number of hydrogen-bond acceptors (Lipinski definition) is 3. The van der Waals surface area contributed by atoms with Gasteiger partial charge < -0.3 is 9.84 Å². The second kappa shape index (κ2) is 3.71. The van der Waals surface area contributed by atoms with Gasteiger partial charge in [0.1, 0.15) is 17.6 Å². The van der Waals surface area contributed by atoms with Crippen molar-refractivity contribution >= 4 is 12.3 Å². The molecule has 0 saturated heterocycles. The zero-order chi connectivity index (χ0) is 9.84. The van der Waals surface area contributed by atoms with Crippen molar-refractivity contribution in [2.24, 2.45) is 0 Å². The molecule has 0 atom stereocenters. The molecule has 1 aromatic carbocycles. The number of rotatable bonds is 3. The Kier molecular flexibility index (Phi) is 2.64. The fourth-order valence-corrected chi connectivity index (χ4v) is 0.958. The number of carboxylic acid groups (broad SMARTS) is 1. The Morgan fingerprint density at radius 2 is 2.23 bits per heavy atom. The highest BCUT2D eigenvalue weighted by Gasteiger charge is 2.10. The Hall–Kier alpha value is -1.84. The summed E-state index contributed by atoms with van der Waals surface area (Å²) in [6, 6.07) is 4.15. The molecule has 1 rings (SSSR count). The fourth-order valence-electron chi connectivity index (χ4n) is 0.958. The van der Waals surface area contributed by atoms with Crippen LogP contribution in [0.2, 0.25) is 0 Å². The number of hydrogen-bond donors (Lipinski definition) is 1. The van der Waals surface area contributed by atoms with E-state index in [1.54, 1.807) is 0 Å². The molecule has 0 radical (unpaired) electrons. The second-order valence-electron chi connectivity index (χ2n) is 2.38. The van der Waals surface area contributed by atoms with Crippen LogP contribution < -0.4 is 4.74 Å². The molecular weight excluding hydrogens is 172 g/mol. The fraction of sp³-hybridized carbons (Fsp3) is 0.111. The molecule has 0 aliphatic heterocycles. The highest BCUT2D eigenvalue weighted by Crippen LogP contribution is 2.19. The third kappa shape index (κ3) is 1.84. The van der Waals surface area contributed by atoms with Crippen LogP contribution in [0.25, 0.3) is 0 Å². The standard InChI is InChI=1S/C9H8O4/c1-13-8-4-6(5-10)2-3-7(8)9(11)12/h2-5H,1H3,(H,11,12). The molecule has 0 spiro atoms. The van der Waals surface area contributed by atoms with Crippen LogP contribution in [0.5, 0.6) is 5.75 Å². The number of carbonyl (C=O) groups is 2. The van der Waals surface area contributed by atoms with Gasteiger partial charge >= 0.3 is 5.97 Å². The smallest absolute Gasteiger partial charge is 0.339 e. The van der Waals surface area contributed by atoms with Crippen molar-refractivity contribution in [2.45, 2.75) is 0 Å². The van der Waals surface area contributed by atoms with Crippen molar-refractivity contribution in [3.05, 3.63) is 29.3 Å². The molecule has 1 N–H and O–H groups in total. The molecule has 68 valence electrons. The van der Waals surface area contributed by atoms with Crippen molar-refractivity contribution in [2.75, 3.05) is 7.11 Å². The van der Waals surface area contributed by atoms with E-state index in [2.05, 4.69) is 0 Å². The van der Waals surface area contributed by atoms with Crippen molar-refractivity contribution in [3.63, 3.8) is 0 Å². The van der Waals surface area contributed by atoms with Crippen LogP contribution in [0.3, 0.4) is 0 Å². The molecule has 4 heteroatoms. The highest BCUT2D eigenvalue weighted by atomic mass is 16.5. The average Bonchev–Trinajstić information content (AvgIpc) is 2.16. The van der Waals surface area contributed by atoms with Gasteiger partial charge in [-0.05, 0) is 12.1 Å². The topological polar surface area (TPSA) is 63.6 Å². The summed E-state index contributed by atoms with van der Waals surface area (Å²) in [5.41, 5.74) is 0.440. The molecule has 0 aliphatic rings. The summed E-state index contributed by atoms with van der Waals surface area (Å²) in [6.45, 7) is 0. The minimum absolute atomic E-state index is 0.0492. The van der Waals surface area contributed by atoms with Crippen molar-refractivity contribution < 1.29 is 19.4 Å². The van der Waals surface area contributed by atoms with Crippen molar-refractivity contribution in [3.8, 4) is 5.75 Å². The summed E-state index contributed by atoms with van der Waals surface area (Å²) >= 11 is 0. The normalized spacial score (nSPS) is 9.31. The van der Waals surface area contributed by atoms with E-state index < -0.39 is 5.97 Å². The van der Waals surface area contributed by atoms with Gasteiger partial charge in [-0.15, -0.1) is 0 Å². The summed E-state index contributed by atoms with van der Waals surface area (Å²) < 4.78 is 4.81. The predicted octanol–water partition coefficient (Wildman–Crippen LogP) is 1.21. The molecule has 0 aliphatic carbocycles. The summed E-state index contributed by atoms with van der Waals surface area (Å²) in [5.74, 6) is -0.883. The number of benzene rings is 1. The zero-order valence-electron chi connectivity index (χ0n) is 6.98. The average molecular weight is 180 g/mol. The minimum atomic E-state index is -1.07. The quantitative estimate of drug-likeness (QED) is 0.710. The maximum atomic E-state index is 10.6. The third-order valence-electron chi connectivity index (χ3n) is 1.59. The van der Waals surface area contributed by atoms with Crippen molar-refractivity contribution in [1.82, 2.24) is 0 Å². The van der Waals surface area contributed by atoms with Crippen LogP contribution in [0, 0.1) is 0 Å². The van der Waals surface area contributed by atoms with Gasteiger partial charge in [0, 0.05) is 5.56 Å². The predicted molar refractivity (Wildman–Crippen MR) is 45.3 cm³/mol. The largest absolute Gasteiger partial charge is 0.496 e. The molecule has 0 heterocycles. The first-order chi connectivity index (χ1) is 6.19. The SMILES string of the molecule is COc1cc(C=O)ccc1C(=O)O. The Balaban J connectivity index is 3.23. The van der Waals surface area contributed by atoms with Crippen LogP contribution in [0.4, 0.5) is 0 Å². The van der Waals surface area contributed by atoms with E-state index in [-0.39, 0.29) is 11.3 Å². The summed E-state index contributed by atoms with van der Waals surface area (Å²) in [6.07, 6.45) is 0.633. The lowest BCUT2D eigenvalue weighted by Gasteiger charge is -2.04. The molecule has 0 bridgehead atoms. The van der Waals surface area contributed by atoms with E-state index in [9.17, 15) is 9.59 Å². The van der Waals surface area contributed by atoms with Gasteiger partial charge in [0.05, 0.1) is 7.11 Å². The van der Waals surface area contributed by atoms with Crippen LogP contribution >= 0.6 is 0 Å². The number of aromatic carboxylic acids is 1. The minimum Gasteiger partial charge on any atom is -0.496 e.